The molecule has 0 fully saturated rings. The number of rotatable bonds is 5. The number of nitrogens with zero attached hydrogens (tertiary/aromatic N) is 4. The second-order valence-electron chi connectivity index (χ2n) is 4.40. The molecule has 0 unspecified atom stereocenters. The average Bonchev–Trinajstić information content (AvgIpc) is 2.53. The highest BCUT2D eigenvalue weighted by molar-refractivity contribution is 5.85. The number of nitro groups is 4. The molecule has 0 spiro atoms. The van der Waals surface area contributed by atoms with E-state index in [9.17, 15) is 40.5 Å². The van der Waals surface area contributed by atoms with Crippen molar-refractivity contribution in [1.82, 2.24) is 0 Å². The van der Waals surface area contributed by atoms with E-state index in [4.69, 9.17) is 0 Å². The summed E-state index contributed by atoms with van der Waals surface area (Å²) >= 11 is 0. The van der Waals surface area contributed by atoms with Gasteiger partial charge in [0.15, 0.2) is 0 Å². The molecule has 0 atom stereocenters. The van der Waals surface area contributed by atoms with Gasteiger partial charge in [0, 0.05) is 12.1 Å². The quantitative estimate of drug-likeness (QED) is 0.592. The first-order valence-electron chi connectivity index (χ1n) is 6.09. The minimum absolute atomic E-state index is 0.332. The first-order chi connectivity index (χ1) is 11.2. The van der Waals surface area contributed by atoms with Crippen LogP contribution in [0.1, 0.15) is 0 Å². The number of non-ortho nitro benzene ring substituents is 1. The van der Waals surface area contributed by atoms with Gasteiger partial charge in [-0.3, -0.25) is 40.5 Å². The predicted molar refractivity (Wildman–Crippen MR) is 78.5 cm³/mol. The highest BCUT2D eigenvalue weighted by Crippen LogP contribution is 2.41. The standard InChI is InChI=1S/C12H6N4O8/c17-13(18)7-4-5-8(11(6-7)15(21)22)9-2-1-3-10(14(19)20)12(9)16(23)24/h1-6H. The van der Waals surface area contributed by atoms with Gasteiger partial charge in [-0.25, -0.2) is 0 Å². The van der Waals surface area contributed by atoms with Gasteiger partial charge in [0.05, 0.1) is 36.9 Å². The third-order valence-electron chi connectivity index (χ3n) is 3.07. The highest BCUT2D eigenvalue weighted by Gasteiger charge is 2.32. The van der Waals surface area contributed by atoms with E-state index in [1.807, 2.05) is 0 Å². The monoisotopic (exact) mass is 334 g/mol. The lowest BCUT2D eigenvalue weighted by molar-refractivity contribution is -0.422. The van der Waals surface area contributed by atoms with Crippen LogP contribution in [0.3, 0.4) is 0 Å². The van der Waals surface area contributed by atoms with Gasteiger partial charge < -0.3 is 0 Å². The second kappa shape index (κ2) is 6.04. The molecule has 0 saturated heterocycles. The van der Waals surface area contributed by atoms with Crippen molar-refractivity contribution in [2.24, 2.45) is 0 Å². The lowest BCUT2D eigenvalue weighted by Crippen LogP contribution is -2.01. The van der Waals surface area contributed by atoms with Crippen LogP contribution in [-0.2, 0) is 0 Å². The molecule has 0 aromatic heterocycles. The highest BCUT2D eigenvalue weighted by atomic mass is 16.6. The van der Waals surface area contributed by atoms with Gasteiger partial charge in [-0.15, -0.1) is 0 Å². The molecule has 0 aliphatic carbocycles. The molecule has 0 N–H and O–H groups in total. The predicted octanol–water partition coefficient (Wildman–Crippen LogP) is 2.99. The minimum atomic E-state index is -1.03. The zero-order valence-corrected chi connectivity index (χ0v) is 11.5. The zero-order valence-electron chi connectivity index (χ0n) is 11.5. The van der Waals surface area contributed by atoms with Crippen LogP contribution < -0.4 is 0 Å². The van der Waals surface area contributed by atoms with Crippen molar-refractivity contribution in [1.29, 1.82) is 0 Å². The molecule has 0 aliphatic rings. The maximum Gasteiger partial charge on any atom is 0.354 e. The largest absolute Gasteiger partial charge is 0.354 e. The Labute approximate surface area is 131 Å². The summed E-state index contributed by atoms with van der Waals surface area (Å²) in [5.74, 6) is 0. The van der Waals surface area contributed by atoms with Gasteiger partial charge in [-0.2, -0.15) is 0 Å². The van der Waals surface area contributed by atoms with Crippen molar-refractivity contribution in [3.05, 3.63) is 76.9 Å². The van der Waals surface area contributed by atoms with Crippen molar-refractivity contribution in [3.63, 3.8) is 0 Å². The maximum atomic E-state index is 11.2. The van der Waals surface area contributed by atoms with Crippen molar-refractivity contribution in [3.8, 4) is 11.1 Å². The van der Waals surface area contributed by atoms with Gasteiger partial charge in [-0.1, -0.05) is 6.07 Å². The number of benzene rings is 2. The molecule has 12 heteroatoms. The zero-order chi connectivity index (χ0) is 18.0. The Morgan fingerprint density at radius 2 is 1.25 bits per heavy atom. The molecule has 0 amide bonds. The molecule has 0 aliphatic heterocycles. The van der Waals surface area contributed by atoms with E-state index in [0.717, 1.165) is 30.3 Å². The van der Waals surface area contributed by atoms with Gasteiger partial charge in [0.2, 0.25) is 0 Å². The van der Waals surface area contributed by atoms with Crippen molar-refractivity contribution in [2.75, 3.05) is 0 Å². The van der Waals surface area contributed by atoms with E-state index >= 15 is 0 Å². The van der Waals surface area contributed by atoms with E-state index in [0.29, 0.717) is 6.07 Å². The minimum Gasteiger partial charge on any atom is -0.258 e. The van der Waals surface area contributed by atoms with Gasteiger partial charge in [0.25, 0.3) is 11.4 Å². The van der Waals surface area contributed by atoms with Crippen LogP contribution in [0.5, 0.6) is 0 Å². The summed E-state index contributed by atoms with van der Waals surface area (Å²) in [5, 5.41) is 44.0. The molecule has 24 heavy (non-hydrogen) atoms. The van der Waals surface area contributed by atoms with Crippen LogP contribution >= 0.6 is 0 Å². The summed E-state index contributed by atoms with van der Waals surface area (Å²) in [5.41, 5.74) is -3.84. The van der Waals surface area contributed by atoms with E-state index in [2.05, 4.69) is 0 Å². The fraction of sp³-hybridized carbons (Fsp3) is 0. The van der Waals surface area contributed by atoms with Gasteiger partial charge in [-0.05, 0) is 12.1 Å². The molecule has 0 bridgehead atoms. The number of para-hydroxylation sites is 1. The molecule has 2 aromatic rings. The number of hydrogen-bond donors (Lipinski definition) is 0. The average molecular weight is 334 g/mol. The Bertz CT molecular complexity index is 895. The summed E-state index contributed by atoms with van der Waals surface area (Å²) in [4.78, 5) is 40.2. The topological polar surface area (TPSA) is 173 Å². The van der Waals surface area contributed by atoms with Crippen molar-refractivity contribution < 1.29 is 19.7 Å². The van der Waals surface area contributed by atoms with Gasteiger partial charge >= 0.3 is 11.4 Å². The summed E-state index contributed by atoms with van der Waals surface area (Å²) in [6, 6.07) is 5.62. The molecular weight excluding hydrogens is 328 g/mol. The fourth-order valence-corrected chi connectivity index (χ4v) is 2.10. The van der Waals surface area contributed by atoms with E-state index in [1.54, 1.807) is 0 Å². The van der Waals surface area contributed by atoms with Crippen molar-refractivity contribution in [2.45, 2.75) is 0 Å². The Morgan fingerprint density at radius 3 is 1.75 bits per heavy atom. The molecule has 0 radical (unpaired) electrons. The first-order valence-corrected chi connectivity index (χ1v) is 6.09. The third-order valence-corrected chi connectivity index (χ3v) is 3.07. The van der Waals surface area contributed by atoms with E-state index in [-0.39, 0.29) is 11.1 Å². The number of hydrogen-bond acceptors (Lipinski definition) is 8. The van der Waals surface area contributed by atoms with E-state index < -0.39 is 42.4 Å². The molecule has 12 nitrogen and oxygen atoms in total. The summed E-state index contributed by atoms with van der Waals surface area (Å²) in [6.45, 7) is 0. The third kappa shape index (κ3) is 2.83. The smallest absolute Gasteiger partial charge is 0.258 e. The molecule has 0 heterocycles. The number of nitro benzene ring substituents is 4. The normalized spacial score (nSPS) is 10.2. The SMILES string of the molecule is O=[N+]([O-])c1ccc(-c2cccc([N+](=O)[O-])c2[N+](=O)[O-])c([N+](=O)[O-])c1. The van der Waals surface area contributed by atoms with Gasteiger partial charge in [0.1, 0.15) is 0 Å². The Morgan fingerprint density at radius 1 is 0.625 bits per heavy atom. The second-order valence-corrected chi connectivity index (χ2v) is 4.40. The van der Waals surface area contributed by atoms with Crippen LogP contribution in [0.25, 0.3) is 11.1 Å². The van der Waals surface area contributed by atoms with Crippen LogP contribution in [0, 0.1) is 40.5 Å². The van der Waals surface area contributed by atoms with Crippen molar-refractivity contribution >= 4 is 22.7 Å². The molecule has 2 rings (SSSR count). The lowest BCUT2D eigenvalue weighted by Gasteiger charge is -2.05. The lowest BCUT2D eigenvalue weighted by atomic mass is 10.0. The fourth-order valence-electron chi connectivity index (χ4n) is 2.10. The van der Waals surface area contributed by atoms with Crippen LogP contribution in [0.15, 0.2) is 36.4 Å². The summed E-state index contributed by atoms with van der Waals surface area (Å²) < 4.78 is 0. The van der Waals surface area contributed by atoms with Crippen LogP contribution in [0.2, 0.25) is 0 Å². The summed E-state index contributed by atoms with van der Waals surface area (Å²) in [7, 11) is 0. The Kier molecular flexibility index (Phi) is 4.13. The molecule has 2 aromatic carbocycles. The van der Waals surface area contributed by atoms with Crippen LogP contribution in [0.4, 0.5) is 22.7 Å². The Balaban J connectivity index is 2.84. The molecule has 122 valence electrons. The van der Waals surface area contributed by atoms with E-state index in [1.165, 1.54) is 0 Å². The maximum absolute atomic E-state index is 11.2. The Hall–Kier alpha value is -3.96. The van der Waals surface area contributed by atoms with Crippen LogP contribution in [-0.4, -0.2) is 19.7 Å². The molecular formula is C12H6N4O8. The summed E-state index contributed by atoms with van der Waals surface area (Å²) in [6.07, 6.45) is 0. The molecule has 0 saturated carbocycles. The first kappa shape index (κ1) is 16.4.